The van der Waals surface area contributed by atoms with Crippen LogP contribution in [-0.2, 0) is 11.3 Å². The number of guanidine groups is 1. The van der Waals surface area contributed by atoms with Crippen LogP contribution < -0.4 is 10.5 Å². The van der Waals surface area contributed by atoms with Gasteiger partial charge in [-0.2, -0.15) is 0 Å². The number of methoxy groups -OCH3 is 1. The minimum absolute atomic E-state index is 0.571. The van der Waals surface area contributed by atoms with E-state index in [1.807, 2.05) is 19.1 Å². The van der Waals surface area contributed by atoms with E-state index in [9.17, 15) is 0 Å². The molecule has 5 nitrogen and oxygen atoms in total. The standard InChI is InChI=1S/C14H21N3O2/c1-11-7-12(9-13(8-11)18-2)10-16-14(15)17-3-5-19-6-4-17/h7-9H,3-6,10H2,1-2H3,(H2,15,16). The molecule has 1 saturated heterocycles. The lowest BCUT2D eigenvalue weighted by atomic mass is 10.1. The molecule has 0 spiro atoms. The Kier molecular flexibility index (Phi) is 4.63. The van der Waals surface area contributed by atoms with Gasteiger partial charge in [-0.05, 0) is 30.2 Å². The first-order valence-corrected chi connectivity index (χ1v) is 6.46. The Morgan fingerprint density at radius 1 is 1.37 bits per heavy atom. The molecule has 1 aromatic carbocycles. The molecule has 0 aromatic heterocycles. The zero-order valence-corrected chi connectivity index (χ0v) is 11.6. The molecule has 1 fully saturated rings. The van der Waals surface area contributed by atoms with Gasteiger partial charge in [0.1, 0.15) is 5.75 Å². The minimum Gasteiger partial charge on any atom is -0.497 e. The van der Waals surface area contributed by atoms with Crippen molar-refractivity contribution in [1.82, 2.24) is 4.90 Å². The van der Waals surface area contributed by atoms with Crippen molar-refractivity contribution in [2.75, 3.05) is 33.4 Å². The number of ether oxygens (including phenoxy) is 2. The van der Waals surface area contributed by atoms with Gasteiger partial charge in [0.15, 0.2) is 5.96 Å². The number of nitrogens with zero attached hydrogens (tertiary/aromatic N) is 2. The highest BCUT2D eigenvalue weighted by Gasteiger charge is 2.11. The predicted molar refractivity (Wildman–Crippen MR) is 75.4 cm³/mol. The van der Waals surface area contributed by atoms with Crippen LogP contribution in [0.15, 0.2) is 23.2 Å². The molecule has 0 aliphatic carbocycles. The lowest BCUT2D eigenvalue weighted by Crippen LogP contribution is -2.44. The first-order valence-electron chi connectivity index (χ1n) is 6.46. The van der Waals surface area contributed by atoms with Gasteiger partial charge in [-0.15, -0.1) is 0 Å². The quantitative estimate of drug-likeness (QED) is 0.656. The number of aryl methyl sites for hydroxylation is 1. The van der Waals surface area contributed by atoms with Gasteiger partial charge in [-0.25, -0.2) is 4.99 Å². The zero-order valence-electron chi connectivity index (χ0n) is 11.6. The average Bonchev–Trinajstić information content (AvgIpc) is 2.45. The second-order valence-electron chi connectivity index (χ2n) is 4.63. The molecule has 0 atom stereocenters. The van der Waals surface area contributed by atoms with Crippen LogP contribution in [0.25, 0.3) is 0 Å². The summed E-state index contributed by atoms with van der Waals surface area (Å²) in [6, 6.07) is 6.08. The third kappa shape index (κ3) is 3.86. The Labute approximate surface area is 114 Å². The largest absolute Gasteiger partial charge is 0.497 e. The number of aliphatic imine (C=N–C) groups is 1. The summed E-state index contributed by atoms with van der Waals surface area (Å²) >= 11 is 0. The van der Waals surface area contributed by atoms with Crippen LogP contribution in [0, 0.1) is 6.92 Å². The summed E-state index contributed by atoms with van der Waals surface area (Å²) in [6.07, 6.45) is 0. The van der Waals surface area contributed by atoms with Crippen LogP contribution in [0.3, 0.4) is 0 Å². The fourth-order valence-electron chi connectivity index (χ4n) is 2.10. The second kappa shape index (κ2) is 6.43. The normalized spacial score (nSPS) is 16.5. The maximum Gasteiger partial charge on any atom is 0.191 e. The fraction of sp³-hybridized carbons (Fsp3) is 0.500. The lowest BCUT2D eigenvalue weighted by molar-refractivity contribution is 0.0674. The van der Waals surface area contributed by atoms with Crippen molar-refractivity contribution in [3.63, 3.8) is 0 Å². The van der Waals surface area contributed by atoms with Crippen molar-refractivity contribution >= 4 is 5.96 Å². The first kappa shape index (κ1) is 13.7. The van der Waals surface area contributed by atoms with Crippen LogP contribution in [0.5, 0.6) is 5.75 Å². The van der Waals surface area contributed by atoms with Crippen molar-refractivity contribution in [1.29, 1.82) is 0 Å². The molecule has 2 N–H and O–H groups in total. The molecule has 1 heterocycles. The van der Waals surface area contributed by atoms with E-state index in [4.69, 9.17) is 15.2 Å². The van der Waals surface area contributed by atoms with Crippen LogP contribution >= 0.6 is 0 Å². The van der Waals surface area contributed by atoms with E-state index in [1.165, 1.54) is 0 Å². The Bertz CT molecular complexity index is 454. The van der Waals surface area contributed by atoms with Gasteiger partial charge >= 0.3 is 0 Å². The Morgan fingerprint density at radius 3 is 2.79 bits per heavy atom. The molecule has 0 amide bonds. The van der Waals surface area contributed by atoms with Crippen LogP contribution in [0.2, 0.25) is 0 Å². The summed E-state index contributed by atoms with van der Waals surface area (Å²) < 4.78 is 10.5. The smallest absolute Gasteiger partial charge is 0.191 e. The number of nitrogens with two attached hydrogens (primary N) is 1. The van der Waals surface area contributed by atoms with E-state index in [0.29, 0.717) is 25.7 Å². The maximum atomic E-state index is 5.99. The molecular formula is C14H21N3O2. The third-order valence-electron chi connectivity index (χ3n) is 3.11. The highest BCUT2D eigenvalue weighted by Crippen LogP contribution is 2.17. The average molecular weight is 263 g/mol. The summed E-state index contributed by atoms with van der Waals surface area (Å²) in [5.74, 6) is 1.44. The van der Waals surface area contributed by atoms with Crippen molar-refractivity contribution in [3.05, 3.63) is 29.3 Å². The molecule has 1 aromatic rings. The Morgan fingerprint density at radius 2 is 2.11 bits per heavy atom. The predicted octanol–water partition coefficient (Wildman–Crippen LogP) is 1.15. The highest BCUT2D eigenvalue weighted by molar-refractivity contribution is 5.78. The highest BCUT2D eigenvalue weighted by atomic mass is 16.5. The van der Waals surface area contributed by atoms with Crippen molar-refractivity contribution in [2.45, 2.75) is 13.5 Å². The lowest BCUT2D eigenvalue weighted by Gasteiger charge is -2.27. The molecule has 0 unspecified atom stereocenters. The number of hydrogen-bond acceptors (Lipinski definition) is 3. The monoisotopic (exact) mass is 263 g/mol. The van der Waals surface area contributed by atoms with E-state index < -0.39 is 0 Å². The number of hydrogen-bond donors (Lipinski definition) is 1. The number of morpholine rings is 1. The van der Waals surface area contributed by atoms with Gasteiger partial charge in [-0.1, -0.05) is 6.07 Å². The minimum atomic E-state index is 0.571. The zero-order chi connectivity index (χ0) is 13.7. The molecule has 19 heavy (non-hydrogen) atoms. The fourth-order valence-corrected chi connectivity index (χ4v) is 2.10. The van der Waals surface area contributed by atoms with Crippen molar-refractivity contribution < 1.29 is 9.47 Å². The van der Waals surface area contributed by atoms with Gasteiger partial charge in [0, 0.05) is 13.1 Å². The first-order chi connectivity index (χ1) is 9.19. The molecule has 0 bridgehead atoms. The molecule has 5 heteroatoms. The number of benzene rings is 1. The Hall–Kier alpha value is -1.75. The SMILES string of the molecule is COc1cc(C)cc(CN=C(N)N2CCOCC2)c1. The molecule has 1 aliphatic rings. The maximum absolute atomic E-state index is 5.99. The van der Waals surface area contributed by atoms with Gasteiger partial charge < -0.3 is 20.1 Å². The summed E-state index contributed by atoms with van der Waals surface area (Å²) in [6.45, 7) is 5.67. The molecule has 1 aliphatic heterocycles. The molecule has 2 rings (SSSR count). The van der Waals surface area contributed by atoms with Crippen LogP contribution in [0.1, 0.15) is 11.1 Å². The summed E-state index contributed by atoms with van der Waals surface area (Å²) in [5, 5.41) is 0. The van der Waals surface area contributed by atoms with Gasteiger partial charge in [0.25, 0.3) is 0 Å². The summed E-state index contributed by atoms with van der Waals surface area (Å²) in [7, 11) is 1.67. The third-order valence-corrected chi connectivity index (χ3v) is 3.11. The Balaban J connectivity index is 2.02. The van der Waals surface area contributed by atoms with E-state index >= 15 is 0 Å². The van der Waals surface area contributed by atoms with E-state index in [-0.39, 0.29) is 0 Å². The molecule has 104 valence electrons. The summed E-state index contributed by atoms with van der Waals surface area (Å²) in [5.41, 5.74) is 8.26. The van der Waals surface area contributed by atoms with Gasteiger partial charge in [0.05, 0.1) is 26.9 Å². The van der Waals surface area contributed by atoms with Gasteiger partial charge in [-0.3, -0.25) is 0 Å². The molecular weight excluding hydrogens is 242 g/mol. The molecule has 0 radical (unpaired) electrons. The van der Waals surface area contributed by atoms with Crippen LogP contribution in [0.4, 0.5) is 0 Å². The van der Waals surface area contributed by atoms with Gasteiger partial charge in [0.2, 0.25) is 0 Å². The summed E-state index contributed by atoms with van der Waals surface area (Å²) in [4.78, 5) is 6.50. The second-order valence-corrected chi connectivity index (χ2v) is 4.63. The van der Waals surface area contributed by atoms with Crippen molar-refractivity contribution in [2.24, 2.45) is 10.7 Å². The van der Waals surface area contributed by atoms with E-state index in [1.54, 1.807) is 7.11 Å². The van der Waals surface area contributed by atoms with Crippen molar-refractivity contribution in [3.8, 4) is 5.75 Å². The topological polar surface area (TPSA) is 60.1 Å². The number of rotatable bonds is 3. The molecule has 0 saturated carbocycles. The van der Waals surface area contributed by atoms with E-state index in [0.717, 1.165) is 30.0 Å². The van der Waals surface area contributed by atoms with Crippen LogP contribution in [-0.4, -0.2) is 44.3 Å². The van der Waals surface area contributed by atoms with E-state index in [2.05, 4.69) is 16.0 Å².